The summed E-state index contributed by atoms with van der Waals surface area (Å²) in [4.78, 5) is 12.2. The summed E-state index contributed by atoms with van der Waals surface area (Å²) in [6.07, 6.45) is 16.2. The van der Waals surface area contributed by atoms with Crippen molar-refractivity contribution >= 4 is 29.1 Å². The third-order valence-corrected chi connectivity index (χ3v) is 13.2. The van der Waals surface area contributed by atoms with Crippen molar-refractivity contribution in [3.8, 4) is 5.75 Å². The van der Waals surface area contributed by atoms with Crippen molar-refractivity contribution in [2.75, 3.05) is 12.8 Å². The zero-order chi connectivity index (χ0) is 30.9. The monoisotopic (exact) mass is 609 g/mol. The van der Waals surface area contributed by atoms with E-state index in [1.165, 1.54) is 92.4 Å². The number of aryl methyl sites for hydroxylation is 1. The SMILES string of the molecule is Cc1cc(O)ccc1C(=O)OCCCCCCCCCCCCCC[P+](c1ccccc1)(c1ccccc1)c1ccccc1. The molecule has 0 atom stereocenters. The van der Waals surface area contributed by atoms with Crippen LogP contribution in [-0.2, 0) is 4.74 Å². The lowest BCUT2D eigenvalue weighted by Crippen LogP contribution is -2.33. The molecular weight excluding hydrogens is 559 g/mol. The van der Waals surface area contributed by atoms with Crippen LogP contribution in [0.1, 0.15) is 93.0 Å². The number of carbonyl (C=O) groups excluding carboxylic acids is 1. The predicted molar refractivity (Wildman–Crippen MR) is 189 cm³/mol. The third kappa shape index (κ3) is 9.80. The molecule has 3 nitrogen and oxygen atoms in total. The molecule has 44 heavy (non-hydrogen) atoms. The summed E-state index contributed by atoms with van der Waals surface area (Å²) in [5, 5.41) is 14.0. The van der Waals surface area contributed by atoms with Crippen LogP contribution in [0.5, 0.6) is 5.75 Å². The van der Waals surface area contributed by atoms with Crippen molar-refractivity contribution in [3.63, 3.8) is 0 Å². The van der Waals surface area contributed by atoms with Gasteiger partial charge in [0.25, 0.3) is 0 Å². The number of hydrogen-bond donors (Lipinski definition) is 1. The van der Waals surface area contributed by atoms with Crippen LogP contribution < -0.4 is 15.9 Å². The first-order valence-electron chi connectivity index (χ1n) is 16.6. The van der Waals surface area contributed by atoms with Gasteiger partial charge < -0.3 is 9.84 Å². The van der Waals surface area contributed by atoms with E-state index in [4.69, 9.17) is 4.74 Å². The van der Waals surface area contributed by atoms with Gasteiger partial charge in [0.1, 0.15) is 28.9 Å². The summed E-state index contributed by atoms with van der Waals surface area (Å²) in [6, 6.07) is 38.5. The minimum Gasteiger partial charge on any atom is -0.508 e. The summed E-state index contributed by atoms with van der Waals surface area (Å²) in [5.74, 6) is -0.129. The summed E-state index contributed by atoms with van der Waals surface area (Å²) in [7, 11) is -1.69. The predicted octanol–water partition coefficient (Wildman–Crippen LogP) is 9.53. The van der Waals surface area contributed by atoms with E-state index in [1.807, 2.05) is 6.92 Å². The Morgan fingerprint density at radius 3 is 1.41 bits per heavy atom. The highest BCUT2D eigenvalue weighted by Crippen LogP contribution is 2.56. The molecule has 0 bridgehead atoms. The lowest BCUT2D eigenvalue weighted by molar-refractivity contribution is 0.0497. The summed E-state index contributed by atoms with van der Waals surface area (Å²) >= 11 is 0. The van der Waals surface area contributed by atoms with Crippen molar-refractivity contribution in [2.24, 2.45) is 0 Å². The first kappa shape index (κ1) is 33.5. The fourth-order valence-electron chi connectivity index (χ4n) is 6.22. The molecule has 0 saturated heterocycles. The fraction of sp³-hybridized carbons (Fsp3) is 0.375. The number of esters is 1. The van der Waals surface area contributed by atoms with Crippen LogP contribution in [0.4, 0.5) is 0 Å². The van der Waals surface area contributed by atoms with E-state index in [9.17, 15) is 9.90 Å². The molecule has 4 heteroatoms. The normalized spacial score (nSPS) is 11.4. The molecule has 4 rings (SSSR count). The van der Waals surface area contributed by atoms with E-state index in [1.54, 1.807) is 12.1 Å². The molecule has 4 aromatic rings. The second-order valence-corrected chi connectivity index (χ2v) is 15.5. The molecule has 0 aliphatic rings. The lowest BCUT2D eigenvalue weighted by Gasteiger charge is -2.27. The molecule has 0 radical (unpaired) electrons. The third-order valence-electron chi connectivity index (χ3n) is 8.64. The van der Waals surface area contributed by atoms with Crippen LogP contribution in [0.2, 0.25) is 0 Å². The standard InChI is InChI=1S/C40H49O3P/c1-34-33-35(41)29-30-39(34)40(42)43-31-21-10-8-6-4-2-3-5-7-9-11-22-32-44(36-23-15-12-16-24-36,37-25-17-13-18-26-37)38-27-19-14-20-28-38/h12-20,23-30,33H,2-11,21-22,31-32H2,1H3/p+1. The van der Waals surface area contributed by atoms with E-state index in [2.05, 4.69) is 91.0 Å². The Morgan fingerprint density at radius 1 is 0.568 bits per heavy atom. The van der Waals surface area contributed by atoms with Gasteiger partial charge in [0.2, 0.25) is 0 Å². The van der Waals surface area contributed by atoms with E-state index in [0.717, 1.165) is 18.4 Å². The zero-order valence-electron chi connectivity index (χ0n) is 26.5. The molecule has 0 spiro atoms. The van der Waals surface area contributed by atoms with Gasteiger partial charge in [0.15, 0.2) is 0 Å². The Morgan fingerprint density at radius 2 is 0.977 bits per heavy atom. The molecule has 0 fully saturated rings. The molecule has 0 unspecified atom stereocenters. The van der Waals surface area contributed by atoms with E-state index < -0.39 is 7.26 Å². The first-order chi connectivity index (χ1) is 21.6. The second-order valence-electron chi connectivity index (χ2n) is 11.9. The van der Waals surface area contributed by atoms with Crippen LogP contribution in [0.15, 0.2) is 109 Å². The van der Waals surface area contributed by atoms with Gasteiger partial charge in [0.05, 0.1) is 18.3 Å². The van der Waals surface area contributed by atoms with Gasteiger partial charge in [-0.05, 0) is 86.3 Å². The molecule has 1 N–H and O–H groups in total. The maximum atomic E-state index is 12.2. The van der Waals surface area contributed by atoms with Gasteiger partial charge in [-0.25, -0.2) is 4.79 Å². The quantitative estimate of drug-likeness (QED) is 0.0654. The summed E-state index contributed by atoms with van der Waals surface area (Å²) in [5.41, 5.74) is 1.27. The van der Waals surface area contributed by atoms with Crippen LogP contribution in [-0.4, -0.2) is 23.8 Å². The number of phenolic OH excluding ortho intramolecular Hbond substituents is 1. The topological polar surface area (TPSA) is 46.5 Å². The fourth-order valence-corrected chi connectivity index (χ4v) is 10.6. The van der Waals surface area contributed by atoms with Crippen molar-refractivity contribution in [1.29, 1.82) is 0 Å². The van der Waals surface area contributed by atoms with Crippen LogP contribution in [0.25, 0.3) is 0 Å². The lowest BCUT2D eigenvalue weighted by atomic mass is 10.1. The Labute approximate surface area is 266 Å². The Bertz CT molecular complexity index is 1280. The Hall–Kier alpha value is -3.42. The highest BCUT2D eigenvalue weighted by atomic mass is 31.2. The first-order valence-corrected chi connectivity index (χ1v) is 18.6. The largest absolute Gasteiger partial charge is 0.508 e. The maximum absolute atomic E-state index is 12.2. The highest BCUT2D eigenvalue weighted by Gasteiger charge is 2.44. The van der Waals surface area contributed by atoms with Crippen LogP contribution in [0, 0.1) is 6.92 Å². The van der Waals surface area contributed by atoms with Gasteiger partial charge in [-0.15, -0.1) is 0 Å². The maximum Gasteiger partial charge on any atom is 0.338 e. The average Bonchev–Trinajstić information content (AvgIpc) is 3.06. The number of hydrogen-bond acceptors (Lipinski definition) is 3. The van der Waals surface area contributed by atoms with E-state index in [0.29, 0.717) is 12.2 Å². The molecule has 4 aromatic carbocycles. The van der Waals surface area contributed by atoms with Crippen LogP contribution in [0.3, 0.4) is 0 Å². The number of unbranched alkanes of at least 4 members (excludes halogenated alkanes) is 11. The van der Waals surface area contributed by atoms with Gasteiger partial charge in [-0.1, -0.05) is 112 Å². The smallest absolute Gasteiger partial charge is 0.338 e. The second kappa shape index (κ2) is 18.4. The molecule has 0 saturated carbocycles. The van der Waals surface area contributed by atoms with E-state index in [-0.39, 0.29) is 11.7 Å². The number of benzene rings is 4. The minimum absolute atomic E-state index is 0.170. The molecule has 0 heterocycles. The number of aromatic hydroxyl groups is 1. The zero-order valence-corrected chi connectivity index (χ0v) is 27.4. The molecule has 0 aromatic heterocycles. The number of rotatable bonds is 19. The average molecular weight is 610 g/mol. The molecule has 232 valence electrons. The van der Waals surface area contributed by atoms with Crippen LogP contribution >= 0.6 is 7.26 Å². The summed E-state index contributed by atoms with van der Waals surface area (Å²) in [6.45, 7) is 2.27. The van der Waals surface area contributed by atoms with Gasteiger partial charge >= 0.3 is 5.97 Å². The van der Waals surface area contributed by atoms with Crippen molar-refractivity contribution in [1.82, 2.24) is 0 Å². The number of carbonyl (C=O) groups is 1. The molecule has 0 aliphatic carbocycles. The van der Waals surface area contributed by atoms with Gasteiger partial charge in [-0.3, -0.25) is 0 Å². The number of phenols is 1. The highest BCUT2D eigenvalue weighted by molar-refractivity contribution is 7.95. The molecule has 0 amide bonds. The van der Waals surface area contributed by atoms with E-state index >= 15 is 0 Å². The number of ether oxygens (including phenoxy) is 1. The molecule has 0 aliphatic heterocycles. The minimum atomic E-state index is -1.69. The van der Waals surface area contributed by atoms with Crippen molar-refractivity contribution < 1.29 is 14.6 Å². The Kier molecular flexibility index (Phi) is 14.0. The summed E-state index contributed by atoms with van der Waals surface area (Å²) < 4.78 is 5.42. The Balaban J connectivity index is 1.09. The molecular formula is C40H50O3P+. The van der Waals surface area contributed by atoms with Crippen molar-refractivity contribution in [2.45, 2.75) is 84.0 Å². The van der Waals surface area contributed by atoms with Gasteiger partial charge in [-0.2, -0.15) is 0 Å². The van der Waals surface area contributed by atoms with Gasteiger partial charge in [0, 0.05) is 0 Å². The van der Waals surface area contributed by atoms with Crippen molar-refractivity contribution in [3.05, 3.63) is 120 Å².